The van der Waals surface area contributed by atoms with Crippen LogP contribution in [0.25, 0.3) is 0 Å². The highest BCUT2D eigenvalue weighted by molar-refractivity contribution is 5.70. The number of rotatable bonds is 12. The first-order valence-corrected chi connectivity index (χ1v) is 9.35. The average molecular weight is 382 g/mol. The molecule has 0 aromatic carbocycles. The molecule has 0 amide bonds. The summed E-state index contributed by atoms with van der Waals surface area (Å²) in [4.78, 5) is 23.8. The summed E-state index contributed by atoms with van der Waals surface area (Å²) >= 11 is 0. The number of nitro groups is 1. The van der Waals surface area contributed by atoms with Gasteiger partial charge in [-0.3, -0.25) is 10.1 Å². The van der Waals surface area contributed by atoms with Gasteiger partial charge in [0.1, 0.15) is 6.33 Å². The molecule has 0 radical (unpaired) electrons. The van der Waals surface area contributed by atoms with E-state index in [2.05, 4.69) is 20.2 Å². The van der Waals surface area contributed by atoms with Crippen molar-refractivity contribution in [3.8, 4) is 0 Å². The molecule has 0 aliphatic carbocycles. The summed E-state index contributed by atoms with van der Waals surface area (Å²) in [6.07, 6.45) is 5.07. The van der Waals surface area contributed by atoms with Crippen molar-refractivity contribution in [2.24, 2.45) is 0 Å². The second-order valence-electron chi connectivity index (χ2n) is 6.45. The van der Waals surface area contributed by atoms with E-state index in [-0.39, 0.29) is 17.3 Å². The lowest BCUT2D eigenvalue weighted by Crippen LogP contribution is -2.34. The Balaban J connectivity index is 2.11. The smallest absolute Gasteiger partial charge is 0.353 e. The Morgan fingerprint density at radius 3 is 2.44 bits per heavy atom. The molecule has 0 saturated carbocycles. The number of anilines is 2. The zero-order chi connectivity index (χ0) is 19.5. The van der Waals surface area contributed by atoms with Gasteiger partial charge in [0, 0.05) is 40.4 Å². The second-order valence-corrected chi connectivity index (χ2v) is 6.45. The van der Waals surface area contributed by atoms with Gasteiger partial charge in [-0.2, -0.15) is 0 Å². The third kappa shape index (κ3) is 6.56. The molecule has 1 aliphatic rings. The average Bonchev–Trinajstić information content (AvgIpc) is 2.68. The third-order valence-corrected chi connectivity index (χ3v) is 4.58. The fraction of sp³-hybridized carbons (Fsp3) is 0.765. The van der Waals surface area contributed by atoms with Crippen molar-refractivity contribution < 1.29 is 14.4 Å². The number of aromatic nitrogens is 2. The minimum atomic E-state index is -0.425. The van der Waals surface area contributed by atoms with Gasteiger partial charge in [-0.1, -0.05) is 6.42 Å². The Hall–Kier alpha value is -2.04. The molecule has 2 heterocycles. The molecule has 10 nitrogen and oxygen atoms in total. The summed E-state index contributed by atoms with van der Waals surface area (Å²) in [5.41, 5.74) is -0.108. The van der Waals surface area contributed by atoms with Crippen molar-refractivity contribution >= 4 is 17.3 Å². The van der Waals surface area contributed by atoms with Gasteiger partial charge in [-0.05, 0) is 25.9 Å². The van der Waals surface area contributed by atoms with E-state index >= 15 is 0 Å². The molecule has 1 saturated heterocycles. The van der Waals surface area contributed by atoms with Crippen molar-refractivity contribution in [2.75, 3.05) is 76.9 Å². The predicted octanol–water partition coefficient (Wildman–Crippen LogP) is 1.38. The number of hydrogen-bond acceptors (Lipinski definition) is 9. The molecule has 0 atom stereocenters. The molecule has 1 aromatic heterocycles. The number of hydrogen-bond donors (Lipinski definition) is 1. The van der Waals surface area contributed by atoms with Gasteiger partial charge < -0.3 is 24.6 Å². The first kappa shape index (κ1) is 21.3. The first-order chi connectivity index (χ1) is 13.2. The van der Waals surface area contributed by atoms with E-state index in [1.165, 1.54) is 25.6 Å². The van der Waals surface area contributed by atoms with E-state index in [0.717, 1.165) is 19.6 Å². The van der Waals surface area contributed by atoms with E-state index in [0.29, 0.717) is 32.8 Å². The molecule has 1 aliphatic heterocycles. The number of piperidine rings is 1. The highest BCUT2D eigenvalue weighted by atomic mass is 16.6. The Labute approximate surface area is 160 Å². The summed E-state index contributed by atoms with van der Waals surface area (Å²) in [6, 6.07) is 0. The van der Waals surface area contributed by atoms with E-state index in [4.69, 9.17) is 9.47 Å². The minimum Gasteiger partial charge on any atom is -0.383 e. The molecular formula is C17H30N6O4. The van der Waals surface area contributed by atoms with Crippen molar-refractivity contribution in [3.63, 3.8) is 0 Å². The van der Waals surface area contributed by atoms with E-state index in [9.17, 15) is 10.1 Å². The molecule has 2 rings (SSSR count). The quantitative estimate of drug-likeness (QED) is 0.424. The van der Waals surface area contributed by atoms with Crippen LogP contribution in [0.4, 0.5) is 17.3 Å². The third-order valence-electron chi connectivity index (χ3n) is 4.58. The molecule has 10 heteroatoms. The van der Waals surface area contributed by atoms with Crippen LogP contribution < -0.4 is 10.2 Å². The lowest BCUT2D eigenvalue weighted by molar-refractivity contribution is -0.383. The van der Waals surface area contributed by atoms with Crippen molar-refractivity contribution in [1.29, 1.82) is 0 Å². The van der Waals surface area contributed by atoms with E-state index in [1.54, 1.807) is 19.1 Å². The lowest BCUT2D eigenvalue weighted by Gasteiger charge is -2.26. The van der Waals surface area contributed by atoms with Crippen LogP contribution >= 0.6 is 0 Å². The molecule has 0 bridgehead atoms. The van der Waals surface area contributed by atoms with Gasteiger partial charge in [-0.15, -0.1) is 0 Å². The normalized spacial score (nSPS) is 14.9. The van der Waals surface area contributed by atoms with Crippen molar-refractivity contribution in [2.45, 2.75) is 19.3 Å². The predicted molar refractivity (Wildman–Crippen MR) is 103 cm³/mol. The zero-order valence-corrected chi connectivity index (χ0v) is 16.2. The monoisotopic (exact) mass is 382 g/mol. The maximum absolute atomic E-state index is 11.7. The topological polar surface area (TPSA) is 106 Å². The van der Waals surface area contributed by atoms with Gasteiger partial charge in [0.25, 0.3) is 0 Å². The molecule has 1 aromatic rings. The molecule has 27 heavy (non-hydrogen) atoms. The van der Waals surface area contributed by atoms with E-state index < -0.39 is 4.92 Å². The van der Waals surface area contributed by atoms with Crippen molar-refractivity contribution in [3.05, 3.63) is 16.4 Å². The summed E-state index contributed by atoms with van der Waals surface area (Å²) in [7, 11) is 3.19. The Morgan fingerprint density at radius 2 is 1.85 bits per heavy atom. The zero-order valence-electron chi connectivity index (χ0n) is 16.2. The number of likely N-dealkylation sites (tertiary alicyclic amines) is 1. The van der Waals surface area contributed by atoms with Gasteiger partial charge >= 0.3 is 5.69 Å². The molecule has 1 fully saturated rings. The van der Waals surface area contributed by atoms with Gasteiger partial charge in [0.2, 0.25) is 11.6 Å². The second kappa shape index (κ2) is 11.6. The summed E-state index contributed by atoms with van der Waals surface area (Å²) < 4.78 is 10.2. The SMILES string of the molecule is COCCN(CCOC)c1ncnc(NCCN2CCCCC2)c1[N+](=O)[O-]. The van der Waals surface area contributed by atoms with Crippen molar-refractivity contribution in [1.82, 2.24) is 14.9 Å². The fourth-order valence-corrected chi connectivity index (χ4v) is 3.14. The Morgan fingerprint density at radius 1 is 1.19 bits per heavy atom. The summed E-state index contributed by atoms with van der Waals surface area (Å²) in [6.45, 7) is 5.43. The Bertz CT molecular complexity index is 575. The van der Waals surface area contributed by atoms with Crippen LogP contribution in [0, 0.1) is 10.1 Å². The highest BCUT2D eigenvalue weighted by Crippen LogP contribution is 2.31. The number of nitrogens with one attached hydrogen (secondary N) is 1. The summed E-state index contributed by atoms with van der Waals surface area (Å²) in [5.74, 6) is 0.534. The van der Waals surface area contributed by atoms with Crippen LogP contribution in [0.3, 0.4) is 0 Å². The van der Waals surface area contributed by atoms with E-state index in [1.807, 2.05) is 0 Å². The molecule has 152 valence electrons. The van der Waals surface area contributed by atoms with Crippen LogP contribution in [0.1, 0.15) is 19.3 Å². The Kier molecular flexibility index (Phi) is 9.16. The minimum absolute atomic E-state index is 0.108. The van der Waals surface area contributed by atoms with Crippen LogP contribution in [0.15, 0.2) is 6.33 Å². The molecule has 1 N–H and O–H groups in total. The number of ether oxygens (including phenoxy) is 2. The van der Waals surface area contributed by atoms with Crippen LogP contribution in [0.5, 0.6) is 0 Å². The van der Waals surface area contributed by atoms with Crippen LogP contribution in [0.2, 0.25) is 0 Å². The maximum Gasteiger partial charge on any atom is 0.353 e. The number of nitrogens with zero attached hydrogens (tertiary/aromatic N) is 5. The van der Waals surface area contributed by atoms with Crippen LogP contribution in [-0.2, 0) is 9.47 Å². The molecule has 0 unspecified atom stereocenters. The molecular weight excluding hydrogens is 352 g/mol. The van der Waals surface area contributed by atoms with Gasteiger partial charge in [0.05, 0.1) is 18.1 Å². The number of methoxy groups -OCH3 is 2. The lowest BCUT2D eigenvalue weighted by atomic mass is 10.1. The highest BCUT2D eigenvalue weighted by Gasteiger charge is 2.27. The van der Waals surface area contributed by atoms with Gasteiger partial charge in [0.15, 0.2) is 0 Å². The van der Waals surface area contributed by atoms with Crippen LogP contribution in [-0.4, -0.2) is 86.5 Å². The standard InChI is InChI=1S/C17H30N6O4/c1-26-12-10-22(11-13-27-2)17-15(23(24)25)16(19-14-20-17)18-6-9-21-7-4-3-5-8-21/h14H,3-13H2,1-2H3,(H,18,19,20). The molecule has 0 spiro atoms. The maximum atomic E-state index is 11.7. The summed E-state index contributed by atoms with van der Waals surface area (Å²) in [5, 5.41) is 14.9. The first-order valence-electron chi connectivity index (χ1n) is 9.35. The largest absolute Gasteiger partial charge is 0.383 e. The van der Waals surface area contributed by atoms with Gasteiger partial charge in [-0.25, -0.2) is 9.97 Å². The fourth-order valence-electron chi connectivity index (χ4n) is 3.14.